The number of halogens is 1. The van der Waals surface area contributed by atoms with E-state index in [4.69, 9.17) is 9.31 Å². The van der Waals surface area contributed by atoms with Crippen molar-refractivity contribution < 1.29 is 13.7 Å². The van der Waals surface area contributed by atoms with Crippen LogP contribution in [0.25, 0.3) is 0 Å². The molecular weight excluding hydrogens is 244 g/mol. The van der Waals surface area contributed by atoms with Gasteiger partial charge in [0.1, 0.15) is 5.82 Å². The summed E-state index contributed by atoms with van der Waals surface area (Å²) in [7, 11) is -0.675. The van der Waals surface area contributed by atoms with Gasteiger partial charge in [0.25, 0.3) is 0 Å². The van der Waals surface area contributed by atoms with Crippen LogP contribution in [-0.4, -0.2) is 23.3 Å². The fraction of sp³-hybridized carbons (Fsp3) is 0.643. The van der Waals surface area contributed by atoms with Crippen LogP contribution >= 0.6 is 0 Å². The average molecular weight is 263 g/mol. The molecule has 0 unspecified atom stereocenters. The maximum absolute atomic E-state index is 14.2. The van der Waals surface area contributed by atoms with Crippen LogP contribution in [0.5, 0.6) is 0 Å². The zero-order valence-corrected chi connectivity index (χ0v) is 11.9. The number of hydrogen-bond donors (Lipinski definition) is 0. The summed E-state index contributed by atoms with van der Waals surface area (Å²) in [5.41, 5.74) is 0.319. The van der Waals surface area contributed by atoms with Crippen LogP contribution in [0.1, 0.15) is 52.1 Å². The minimum atomic E-state index is -0.675. The largest absolute Gasteiger partial charge is 0.499 e. The normalized spacial score (nSPS) is 24.8. The van der Waals surface area contributed by atoms with Gasteiger partial charge >= 0.3 is 7.12 Å². The first-order chi connectivity index (χ1) is 8.80. The highest BCUT2D eigenvalue weighted by molar-refractivity contribution is 6.62. The van der Waals surface area contributed by atoms with E-state index in [0.29, 0.717) is 11.4 Å². The summed E-state index contributed by atoms with van der Waals surface area (Å²) in [4.78, 5) is 4.34. The van der Waals surface area contributed by atoms with Gasteiger partial charge in [0.2, 0.25) is 0 Å². The van der Waals surface area contributed by atoms with Crippen LogP contribution in [0, 0.1) is 5.82 Å². The molecule has 2 heterocycles. The van der Waals surface area contributed by atoms with Crippen LogP contribution in [0.2, 0.25) is 0 Å². The molecule has 3 nitrogen and oxygen atoms in total. The van der Waals surface area contributed by atoms with Crippen molar-refractivity contribution in [2.24, 2.45) is 0 Å². The molecule has 1 aromatic rings. The molecule has 0 N–H and O–H groups in total. The van der Waals surface area contributed by atoms with Gasteiger partial charge in [0, 0.05) is 23.3 Å². The summed E-state index contributed by atoms with van der Waals surface area (Å²) in [6.45, 7) is 7.82. The second-order valence-electron chi connectivity index (χ2n) is 6.49. The van der Waals surface area contributed by atoms with Crippen LogP contribution in [0.3, 0.4) is 0 Å². The number of pyridine rings is 1. The first-order valence-electron chi connectivity index (χ1n) is 6.81. The molecule has 0 bridgehead atoms. The van der Waals surface area contributed by atoms with Crippen molar-refractivity contribution in [3.63, 3.8) is 0 Å². The van der Waals surface area contributed by atoms with E-state index in [1.54, 1.807) is 6.20 Å². The third-order valence-electron chi connectivity index (χ3n) is 4.41. The molecule has 1 aliphatic carbocycles. The Labute approximate surface area is 113 Å². The van der Waals surface area contributed by atoms with Gasteiger partial charge < -0.3 is 9.31 Å². The fourth-order valence-corrected chi connectivity index (χ4v) is 2.20. The molecule has 1 aromatic heterocycles. The highest BCUT2D eigenvalue weighted by Crippen LogP contribution is 2.39. The third-order valence-corrected chi connectivity index (χ3v) is 4.41. The second-order valence-corrected chi connectivity index (χ2v) is 6.49. The van der Waals surface area contributed by atoms with Crippen LogP contribution in [0.15, 0.2) is 12.3 Å². The van der Waals surface area contributed by atoms with Gasteiger partial charge in [0.05, 0.1) is 11.2 Å². The molecule has 2 aliphatic rings. The minimum Gasteiger partial charge on any atom is -0.399 e. The molecule has 1 saturated heterocycles. The van der Waals surface area contributed by atoms with Gasteiger partial charge in [-0.05, 0) is 46.6 Å². The second kappa shape index (κ2) is 4.03. The van der Waals surface area contributed by atoms with Gasteiger partial charge in [-0.15, -0.1) is 0 Å². The van der Waals surface area contributed by atoms with Crippen molar-refractivity contribution in [1.82, 2.24) is 4.98 Å². The average Bonchev–Trinajstić information content (AvgIpc) is 3.07. The van der Waals surface area contributed by atoms with Crippen LogP contribution < -0.4 is 5.46 Å². The van der Waals surface area contributed by atoms with Crippen molar-refractivity contribution in [3.05, 3.63) is 23.8 Å². The Balaban J connectivity index is 1.87. The summed E-state index contributed by atoms with van der Waals surface area (Å²) in [5, 5.41) is 0. The number of nitrogens with zero attached hydrogens (tertiary/aromatic N) is 1. The first kappa shape index (κ1) is 13.1. The number of hydrogen-bond acceptors (Lipinski definition) is 3. The van der Waals surface area contributed by atoms with Crippen LogP contribution in [0.4, 0.5) is 4.39 Å². The van der Waals surface area contributed by atoms with Crippen LogP contribution in [-0.2, 0) is 9.31 Å². The molecule has 2 fully saturated rings. The molecule has 19 heavy (non-hydrogen) atoms. The quantitative estimate of drug-likeness (QED) is 0.768. The molecular formula is C14H19BFNO2. The maximum atomic E-state index is 14.2. The van der Waals surface area contributed by atoms with Crippen molar-refractivity contribution in [3.8, 4) is 0 Å². The van der Waals surface area contributed by atoms with Gasteiger partial charge in [0.15, 0.2) is 0 Å². The summed E-state index contributed by atoms with van der Waals surface area (Å²) in [6.07, 6.45) is 3.79. The van der Waals surface area contributed by atoms with E-state index < -0.39 is 18.3 Å². The van der Waals surface area contributed by atoms with E-state index >= 15 is 0 Å². The molecule has 3 rings (SSSR count). The molecule has 0 aromatic carbocycles. The Morgan fingerprint density at radius 3 is 2.26 bits per heavy atom. The summed E-state index contributed by atoms with van der Waals surface area (Å²) in [6, 6.07) is 1.53. The topological polar surface area (TPSA) is 31.4 Å². The highest BCUT2D eigenvalue weighted by atomic mass is 19.1. The van der Waals surface area contributed by atoms with E-state index in [2.05, 4.69) is 4.98 Å². The van der Waals surface area contributed by atoms with E-state index in [9.17, 15) is 4.39 Å². The van der Waals surface area contributed by atoms with Gasteiger partial charge in [-0.25, -0.2) is 4.39 Å². The molecule has 1 saturated carbocycles. The molecule has 0 spiro atoms. The summed E-state index contributed by atoms with van der Waals surface area (Å²) in [5.74, 6) is 0.164. The van der Waals surface area contributed by atoms with Crippen molar-refractivity contribution in [2.45, 2.75) is 57.7 Å². The number of rotatable bonds is 2. The molecule has 0 radical (unpaired) electrons. The zero-order chi connectivity index (χ0) is 13.8. The van der Waals surface area contributed by atoms with E-state index in [-0.39, 0.29) is 5.82 Å². The standard InChI is InChI=1S/C14H19BFNO2/c1-13(2)14(3,4)19-15(18-13)10-8-17-12(7-11(10)16)9-5-6-9/h7-9H,5-6H2,1-4H3. The monoisotopic (exact) mass is 263 g/mol. The lowest BCUT2D eigenvalue weighted by Gasteiger charge is -2.32. The van der Waals surface area contributed by atoms with Gasteiger partial charge in [-0.1, -0.05) is 0 Å². The zero-order valence-electron chi connectivity index (χ0n) is 11.9. The Morgan fingerprint density at radius 1 is 1.21 bits per heavy atom. The van der Waals surface area contributed by atoms with Gasteiger partial charge in [-0.2, -0.15) is 0 Å². The van der Waals surface area contributed by atoms with Crippen molar-refractivity contribution in [1.29, 1.82) is 0 Å². The SMILES string of the molecule is CC1(C)OB(c2cnc(C3CC3)cc2F)OC1(C)C. The fourth-order valence-electron chi connectivity index (χ4n) is 2.20. The Morgan fingerprint density at radius 2 is 1.79 bits per heavy atom. The lowest BCUT2D eigenvalue weighted by atomic mass is 9.79. The predicted molar refractivity (Wildman–Crippen MR) is 71.9 cm³/mol. The number of aromatic nitrogens is 1. The molecule has 5 heteroatoms. The lowest BCUT2D eigenvalue weighted by molar-refractivity contribution is 0.00578. The van der Waals surface area contributed by atoms with E-state index in [1.807, 2.05) is 27.7 Å². The molecule has 102 valence electrons. The lowest BCUT2D eigenvalue weighted by Crippen LogP contribution is -2.41. The Hall–Kier alpha value is -0.935. The van der Waals surface area contributed by atoms with Gasteiger partial charge in [-0.3, -0.25) is 4.98 Å². The minimum absolute atomic E-state index is 0.282. The Bertz CT molecular complexity index is 498. The Kier molecular flexibility index (Phi) is 2.77. The van der Waals surface area contributed by atoms with E-state index in [0.717, 1.165) is 18.5 Å². The van der Waals surface area contributed by atoms with E-state index in [1.165, 1.54) is 6.07 Å². The third kappa shape index (κ3) is 2.19. The molecule has 0 amide bonds. The highest BCUT2D eigenvalue weighted by Gasteiger charge is 2.52. The predicted octanol–water partition coefficient (Wildman–Crippen LogP) is 2.40. The molecule has 0 atom stereocenters. The van der Waals surface area contributed by atoms with Crippen molar-refractivity contribution in [2.75, 3.05) is 0 Å². The molecule has 1 aliphatic heterocycles. The first-order valence-corrected chi connectivity index (χ1v) is 6.81. The summed E-state index contributed by atoms with van der Waals surface area (Å²) >= 11 is 0. The smallest absolute Gasteiger partial charge is 0.399 e. The van der Waals surface area contributed by atoms with Crippen molar-refractivity contribution >= 4 is 12.6 Å². The summed E-state index contributed by atoms with van der Waals surface area (Å²) < 4.78 is 25.9. The maximum Gasteiger partial charge on any atom is 0.499 e.